The van der Waals surface area contributed by atoms with E-state index in [1.165, 1.54) is 17.0 Å². The first-order chi connectivity index (χ1) is 12.7. The molecule has 3 aromatic rings. The Kier molecular flexibility index (Phi) is 5.59. The van der Waals surface area contributed by atoms with Crippen LogP contribution in [0.1, 0.15) is 11.1 Å². The predicted octanol–water partition coefficient (Wildman–Crippen LogP) is 3.56. The number of hydrogen-bond donors (Lipinski definition) is 2. The summed E-state index contributed by atoms with van der Waals surface area (Å²) in [5.41, 5.74) is 3.13. The fraction of sp³-hybridized carbons (Fsp3) is 0.190. The first-order valence-electron chi connectivity index (χ1n) is 8.44. The van der Waals surface area contributed by atoms with Crippen LogP contribution in [0.5, 0.6) is 11.5 Å². The van der Waals surface area contributed by atoms with Gasteiger partial charge in [-0.1, -0.05) is 18.2 Å². The molecule has 1 amide bonds. The van der Waals surface area contributed by atoms with Crippen molar-refractivity contribution in [2.45, 2.75) is 6.42 Å². The lowest BCUT2D eigenvalue weighted by Gasteiger charge is -2.07. The smallest absolute Gasteiger partial charge is 0.244 e. The van der Waals surface area contributed by atoms with Crippen molar-refractivity contribution in [1.82, 2.24) is 10.3 Å². The summed E-state index contributed by atoms with van der Waals surface area (Å²) in [7, 11) is 3.19. The van der Waals surface area contributed by atoms with Crippen LogP contribution in [-0.4, -0.2) is 31.7 Å². The number of methoxy groups -OCH3 is 2. The molecule has 5 nitrogen and oxygen atoms in total. The maximum absolute atomic E-state index is 12.1. The number of carbonyl (C=O) groups is 1. The minimum atomic E-state index is -0.136. The van der Waals surface area contributed by atoms with Crippen molar-refractivity contribution >= 4 is 22.9 Å². The number of carbonyl (C=O) groups excluding carboxylic acids is 1. The summed E-state index contributed by atoms with van der Waals surface area (Å²) in [5.74, 6) is 1.23. The summed E-state index contributed by atoms with van der Waals surface area (Å²) in [6.45, 7) is 0.574. The zero-order valence-corrected chi connectivity index (χ0v) is 14.9. The highest BCUT2D eigenvalue weighted by Gasteiger charge is 2.05. The first kappa shape index (κ1) is 17.6. The first-order valence-corrected chi connectivity index (χ1v) is 8.44. The Bertz CT molecular complexity index is 928. The van der Waals surface area contributed by atoms with Crippen molar-refractivity contribution in [2.24, 2.45) is 0 Å². The summed E-state index contributed by atoms with van der Waals surface area (Å²) >= 11 is 0. The van der Waals surface area contributed by atoms with Crippen molar-refractivity contribution in [3.05, 3.63) is 65.9 Å². The number of H-pyrrole nitrogens is 1. The van der Waals surface area contributed by atoms with Crippen LogP contribution in [0.15, 0.2) is 54.7 Å². The highest BCUT2D eigenvalue weighted by Crippen LogP contribution is 2.25. The maximum atomic E-state index is 12.1. The van der Waals surface area contributed by atoms with E-state index in [9.17, 15) is 4.79 Å². The molecule has 2 N–H and O–H groups in total. The van der Waals surface area contributed by atoms with E-state index in [2.05, 4.69) is 16.4 Å². The second kappa shape index (κ2) is 8.25. The van der Waals surface area contributed by atoms with Gasteiger partial charge in [0.1, 0.15) is 11.5 Å². The summed E-state index contributed by atoms with van der Waals surface area (Å²) in [4.78, 5) is 15.3. The second-order valence-corrected chi connectivity index (χ2v) is 5.84. The van der Waals surface area contributed by atoms with E-state index in [4.69, 9.17) is 9.47 Å². The zero-order chi connectivity index (χ0) is 18.4. The molecule has 1 aromatic heterocycles. The molecule has 3 rings (SSSR count). The number of aromatic nitrogens is 1. The van der Waals surface area contributed by atoms with Crippen molar-refractivity contribution in [3.63, 3.8) is 0 Å². The third-order valence-corrected chi connectivity index (χ3v) is 4.22. The van der Waals surface area contributed by atoms with E-state index in [1.54, 1.807) is 26.4 Å². The van der Waals surface area contributed by atoms with Crippen molar-refractivity contribution in [3.8, 4) is 11.5 Å². The Labute approximate surface area is 152 Å². The Balaban J connectivity index is 1.56. The lowest BCUT2D eigenvalue weighted by atomic mass is 10.1. The molecule has 0 unspecified atom stereocenters. The van der Waals surface area contributed by atoms with Gasteiger partial charge in [0, 0.05) is 41.4 Å². The normalized spacial score (nSPS) is 11.0. The molecular weight excluding hydrogens is 328 g/mol. The molecule has 0 saturated heterocycles. The number of hydrogen-bond acceptors (Lipinski definition) is 3. The van der Waals surface area contributed by atoms with Crippen molar-refractivity contribution < 1.29 is 14.3 Å². The number of ether oxygens (including phenoxy) is 2. The van der Waals surface area contributed by atoms with Crippen LogP contribution in [0.25, 0.3) is 17.0 Å². The maximum Gasteiger partial charge on any atom is 0.244 e. The molecule has 0 aliphatic carbocycles. The number of para-hydroxylation sites is 1. The summed E-state index contributed by atoms with van der Waals surface area (Å²) in [6.07, 6.45) is 6.02. The largest absolute Gasteiger partial charge is 0.497 e. The van der Waals surface area contributed by atoms with E-state index in [-0.39, 0.29) is 5.91 Å². The Morgan fingerprint density at radius 3 is 2.81 bits per heavy atom. The van der Waals surface area contributed by atoms with Gasteiger partial charge in [0.15, 0.2) is 0 Å². The number of rotatable bonds is 7. The van der Waals surface area contributed by atoms with Gasteiger partial charge in [0.2, 0.25) is 5.91 Å². The van der Waals surface area contributed by atoms with Crippen LogP contribution in [0.4, 0.5) is 0 Å². The minimum absolute atomic E-state index is 0.136. The molecule has 0 bridgehead atoms. The van der Waals surface area contributed by atoms with E-state index in [1.807, 2.05) is 36.5 Å². The van der Waals surface area contributed by atoms with E-state index < -0.39 is 0 Å². The third kappa shape index (κ3) is 4.06. The number of benzene rings is 2. The van der Waals surface area contributed by atoms with Gasteiger partial charge in [-0.15, -0.1) is 0 Å². The van der Waals surface area contributed by atoms with E-state index in [0.717, 1.165) is 17.5 Å². The summed E-state index contributed by atoms with van der Waals surface area (Å²) in [5, 5.41) is 4.11. The van der Waals surface area contributed by atoms with Gasteiger partial charge < -0.3 is 19.8 Å². The second-order valence-electron chi connectivity index (χ2n) is 5.84. The predicted molar refractivity (Wildman–Crippen MR) is 104 cm³/mol. The molecule has 0 spiro atoms. The Morgan fingerprint density at radius 1 is 1.15 bits per heavy atom. The molecule has 0 atom stereocenters. The molecule has 0 saturated carbocycles. The molecule has 26 heavy (non-hydrogen) atoms. The molecular formula is C21H22N2O3. The van der Waals surface area contributed by atoms with Crippen LogP contribution < -0.4 is 14.8 Å². The van der Waals surface area contributed by atoms with Crippen LogP contribution in [0.3, 0.4) is 0 Å². The Morgan fingerprint density at radius 2 is 2.00 bits per heavy atom. The molecule has 0 fully saturated rings. The zero-order valence-electron chi connectivity index (χ0n) is 14.9. The van der Waals surface area contributed by atoms with Gasteiger partial charge in [0.25, 0.3) is 0 Å². The van der Waals surface area contributed by atoms with Crippen molar-refractivity contribution in [1.29, 1.82) is 0 Å². The van der Waals surface area contributed by atoms with Gasteiger partial charge in [0.05, 0.1) is 14.2 Å². The SMILES string of the molecule is COc1ccc(/C=C/C(=O)NCCc2c[nH]c3ccccc23)c(OC)c1. The van der Waals surface area contributed by atoms with Gasteiger partial charge in [-0.3, -0.25) is 4.79 Å². The molecule has 2 aromatic carbocycles. The van der Waals surface area contributed by atoms with Gasteiger partial charge in [-0.25, -0.2) is 0 Å². The third-order valence-electron chi connectivity index (χ3n) is 4.22. The lowest BCUT2D eigenvalue weighted by Crippen LogP contribution is -2.23. The molecule has 0 aliphatic rings. The fourth-order valence-corrected chi connectivity index (χ4v) is 2.84. The minimum Gasteiger partial charge on any atom is -0.497 e. The van der Waals surface area contributed by atoms with Gasteiger partial charge >= 0.3 is 0 Å². The van der Waals surface area contributed by atoms with Crippen LogP contribution >= 0.6 is 0 Å². The summed E-state index contributed by atoms with van der Waals surface area (Å²) in [6, 6.07) is 13.6. The lowest BCUT2D eigenvalue weighted by molar-refractivity contribution is -0.116. The monoisotopic (exact) mass is 350 g/mol. The summed E-state index contributed by atoms with van der Waals surface area (Å²) < 4.78 is 10.5. The topological polar surface area (TPSA) is 63.3 Å². The van der Waals surface area contributed by atoms with Crippen LogP contribution in [0.2, 0.25) is 0 Å². The fourth-order valence-electron chi connectivity index (χ4n) is 2.84. The highest BCUT2D eigenvalue weighted by atomic mass is 16.5. The van der Waals surface area contributed by atoms with Gasteiger partial charge in [-0.05, 0) is 36.3 Å². The van der Waals surface area contributed by atoms with E-state index in [0.29, 0.717) is 18.0 Å². The molecule has 134 valence electrons. The average Bonchev–Trinajstić information content (AvgIpc) is 3.09. The van der Waals surface area contributed by atoms with Crippen LogP contribution in [-0.2, 0) is 11.2 Å². The molecule has 0 aliphatic heterocycles. The van der Waals surface area contributed by atoms with Crippen molar-refractivity contribution in [2.75, 3.05) is 20.8 Å². The van der Waals surface area contributed by atoms with Gasteiger partial charge in [-0.2, -0.15) is 0 Å². The number of amides is 1. The quantitative estimate of drug-likeness (QED) is 0.641. The number of nitrogens with one attached hydrogen (secondary N) is 2. The molecule has 1 heterocycles. The average molecular weight is 350 g/mol. The number of fused-ring (bicyclic) bond motifs is 1. The standard InChI is InChI=1S/C21H22N2O3/c1-25-17-9-7-15(20(13-17)26-2)8-10-21(24)22-12-11-16-14-23-19-6-4-3-5-18(16)19/h3-10,13-14,23H,11-12H2,1-2H3,(H,22,24)/b10-8+. The van der Waals surface area contributed by atoms with E-state index >= 15 is 0 Å². The molecule has 0 radical (unpaired) electrons. The molecule has 5 heteroatoms. The highest BCUT2D eigenvalue weighted by molar-refractivity contribution is 5.92. The Hall–Kier alpha value is -3.21. The number of aromatic amines is 1. The van der Waals surface area contributed by atoms with Crippen LogP contribution in [0, 0.1) is 0 Å².